The summed E-state index contributed by atoms with van der Waals surface area (Å²) < 4.78 is 59.9. The zero-order valence-electron chi connectivity index (χ0n) is 53.6. The summed E-state index contributed by atoms with van der Waals surface area (Å²) in [5.41, 5.74) is 21.9. The van der Waals surface area contributed by atoms with Crippen LogP contribution in [-0.4, -0.2) is 12.6 Å². The van der Waals surface area contributed by atoms with Gasteiger partial charge in [0, 0.05) is 44.2 Å². The molecule has 3 aliphatic carbocycles. The van der Waals surface area contributed by atoms with E-state index in [-0.39, 0.29) is 41.6 Å². The Kier molecular flexibility index (Phi) is 10.1. The highest BCUT2D eigenvalue weighted by atomic mass is 28.3. The fourth-order valence-corrected chi connectivity index (χ4v) is 21.0. The maximum Gasteiger partial charge on any atom is 0.179 e. The molecule has 3 nitrogen and oxygen atoms in total. The first kappa shape index (κ1) is 45.9. The number of hydrogen-bond donors (Lipinski definition) is 0. The van der Waals surface area contributed by atoms with Crippen LogP contribution in [0.4, 0.5) is 0 Å². The summed E-state index contributed by atoms with van der Waals surface area (Å²) >= 11 is 0. The molecule has 4 heteroatoms. The van der Waals surface area contributed by atoms with Crippen LogP contribution in [0, 0.1) is 0 Å². The van der Waals surface area contributed by atoms with Crippen LogP contribution in [0.2, 0.25) is 0 Å². The van der Waals surface area contributed by atoms with Crippen LogP contribution in [0.15, 0.2) is 330 Å². The second-order valence-corrected chi connectivity index (χ2v) is 27.8. The third-order valence-corrected chi connectivity index (χ3v) is 24.4. The van der Waals surface area contributed by atoms with Crippen LogP contribution in [0.25, 0.3) is 116 Å². The molecule has 0 N–H and O–H groups in total. The SMILES string of the molecule is [2H]c1c([2H])c([2H])c(-c2cccc([Si](c3ccccc3)(c3ccccc3)c3cccc4c3C3c5ccccc5C4c4cccc(-n5c6ccccc6c6cc(-c7c(-c8ccc9oc%10ccccc%10c9c8)cccc7-c7ccc8oc9ccccc9c8c7)ccc65)c43)c2)c([2H])c1[2H]. The summed E-state index contributed by atoms with van der Waals surface area (Å²) in [6.45, 7) is 0. The van der Waals surface area contributed by atoms with Gasteiger partial charge in [-0.05, 0) is 159 Å². The Balaban J connectivity index is 0.846. The van der Waals surface area contributed by atoms with E-state index in [4.69, 9.17) is 12.9 Å². The van der Waals surface area contributed by atoms with Gasteiger partial charge in [0.15, 0.2) is 8.07 Å². The molecule has 420 valence electrons. The lowest BCUT2D eigenvalue weighted by molar-refractivity contribution is 0.668. The number of rotatable bonds is 9. The van der Waals surface area contributed by atoms with E-state index < -0.39 is 14.1 Å². The van der Waals surface area contributed by atoms with Gasteiger partial charge >= 0.3 is 0 Å². The Morgan fingerprint density at radius 2 is 0.811 bits per heavy atom. The number of para-hydroxylation sites is 3. The van der Waals surface area contributed by atoms with Crippen molar-refractivity contribution in [2.45, 2.75) is 11.8 Å². The lowest BCUT2D eigenvalue weighted by atomic mass is 9.60. The highest BCUT2D eigenvalue weighted by molar-refractivity contribution is 7.20. The van der Waals surface area contributed by atoms with Crippen molar-refractivity contribution in [3.8, 4) is 50.2 Å². The van der Waals surface area contributed by atoms with E-state index in [9.17, 15) is 2.74 Å². The third kappa shape index (κ3) is 7.40. The highest BCUT2D eigenvalue weighted by Gasteiger charge is 2.50. The van der Waals surface area contributed by atoms with Gasteiger partial charge in [-0.3, -0.25) is 0 Å². The fraction of sp³-hybridized carbons (Fsp3) is 0.0233. The smallest absolute Gasteiger partial charge is 0.179 e. The van der Waals surface area contributed by atoms with E-state index >= 15 is 0 Å². The van der Waals surface area contributed by atoms with Gasteiger partial charge in [-0.25, -0.2) is 0 Å². The van der Waals surface area contributed by atoms with Crippen LogP contribution in [0.1, 0.15) is 52.1 Å². The van der Waals surface area contributed by atoms with E-state index in [1.165, 1.54) is 48.9 Å². The van der Waals surface area contributed by atoms with Gasteiger partial charge in [0.2, 0.25) is 0 Å². The molecular formula is C86H55NO2Si. The average molecular weight is 1170 g/mol. The number of aromatic nitrogens is 1. The Morgan fingerprint density at radius 3 is 1.49 bits per heavy atom. The summed E-state index contributed by atoms with van der Waals surface area (Å²) in [4.78, 5) is 0. The molecule has 3 heterocycles. The lowest BCUT2D eigenvalue weighted by Gasteiger charge is -2.47. The Morgan fingerprint density at radius 1 is 0.311 bits per heavy atom. The molecule has 90 heavy (non-hydrogen) atoms. The number of nitrogens with zero attached hydrogens (tertiary/aromatic N) is 1. The first-order chi connectivity index (χ1) is 46.7. The number of hydrogen-bond acceptors (Lipinski definition) is 2. The maximum atomic E-state index is 9.23. The molecule has 20 rings (SSSR count). The molecule has 2 unspecified atom stereocenters. The molecule has 0 spiro atoms. The second-order valence-electron chi connectivity index (χ2n) is 24.1. The molecule has 17 aromatic rings. The molecule has 0 saturated heterocycles. The quantitative estimate of drug-likeness (QED) is 0.107. The van der Waals surface area contributed by atoms with E-state index in [2.05, 4.69) is 259 Å². The minimum absolute atomic E-state index is 0.0927. The predicted molar refractivity (Wildman–Crippen MR) is 375 cm³/mol. The van der Waals surface area contributed by atoms with E-state index in [1.54, 1.807) is 0 Å². The Labute approximate surface area is 528 Å². The highest BCUT2D eigenvalue weighted by Crippen LogP contribution is 2.58. The summed E-state index contributed by atoms with van der Waals surface area (Å²) in [6, 6.07) is 104. The molecule has 2 atom stereocenters. The molecule has 0 saturated carbocycles. The first-order valence-corrected chi connectivity index (χ1v) is 32.9. The normalized spacial score (nSPS) is 15.0. The van der Waals surface area contributed by atoms with Crippen molar-refractivity contribution >= 4 is 94.5 Å². The minimum Gasteiger partial charge on any atom is -0.456 e. The van der Waals surface area contributed by atoms with Crippen LogP contribution in [0.5, 0.6) is 0 Å². The molecule has 0 radical (unpaired) electrons. The molecule has 3 aromatic heterocycles. The standard InChI is InChI=1S/C86H55NO2Si/c1-4-22-54(23-5-1)55-24-18-29-61(50-55)90(59-25-6-2-7-26-59,60-27-8-3-9-28-60)81-43-21-38-70-83-67-33-10-11-34-68(67)86(85(70)81)84-69(83)37-20-40-76(84)87-74-39-15-12-30-64(74)71-53-58(44-47-75(71)87)82-62(56-45-48-79-72(51-56)65-31-13-16-41-77(65)88-79)35-19-36-63(82)57-46-49-80-73(52-57)66-32-14-17-42-78(66)89-80/h1-53,83,86H/i1D,4D,5D,22D,23D. The van der Waals surface area contributed by atoms with E-state index in [0.717, 1.165) is 110 Å². The topological polar surface area (TPSA) is 31.2 Å². The summed E-state index contributed by atoms with van der Waals surface area (Å²) in [5.74, 6) is -0.304. The van der Waals surface area contributed by atoms with Crippen molar-refractivity contribution in [3.63, 3.8) is 0 Å². The van der Waals surface area contributed by atoms with Gasteiger partial charge in [0.25, 0.3) is 0 Å². The molecular weight excluding hydrogens is 1110 g/mol. The van der Waals surface area contributed by atoms with Gasteiger partial charge in [-0.2, -0.15) is 0 Å². The van der Waals surface area contributed by atoms with Crippen LogP contribution < -0.4 is 20.7 Å². The van der Waals surface area contributed by atoms with Crippen LogP contribution in [-0.2, 0) is 0 Å². The minimum atomic E-state index is -3.48. The lowest BCUT2D eigenvalue weighted by Crippen LogP contribution is -2.75. The van der Waals surface area contributed by atoms with Crippen molar-refractivity contribution in [1.82, 2.24) is 4.57 Å². The third-order valence-electron chi connectivity index (χ3n) is 19.6. The maximum absolute atomic E-state index is 9.23. The fourth-order valence-electron chi connectivity index (χ4n) is 16.0. The van der Waals surface area contributed by atoms with E-state index in [0.29, 0.717) is 5.56 Å². The van der Waals surface area contributed by atoms with Crippen LogP contribution in [0.3, 0.4) is 0 Å². The van der Waals surface area contributed by atoms with Gasteiger partial charge in [0.05, 0.1) is 23.6 Å². The van der Waals surface area contributed by atoms with Crippen molar-refractivity contribution in [2.24, 2.45) is 0 Å². The van der Waals surface area contributed by atoms with Crippen molar-refractivity contribution in [2.75, 3.05) is 0 Å². The molecule has 3 aliphatic rings. The van der Waals surface area contributed by atoms with Gasteiger partial charge in [0.1, 0.15) is 22.3 Å². The zero-order chi connectivity index (χ0) is 63.4. The average Bonchev–Trinajstić information content (AvgIpc) is 1.15. The summed E-state index contributed by atoms with van der Waals surface area (Å²) in [5, 5.41) is 11.3. The number of fused-ring (bicyclic) bond motifs is 9. The number of benzene rings is 14. The molecule has 0 aliphatic heterocycles. The second kappa shape index (κ2) is 19.9. The molecule has 0 amide bonds. The first-order valence-electron chi connectivity index (χ1n) is 33.4. The Bertz CT molecular complexity index is 5890. The summed E-state index contributed by atoms with van der Waals surface area (Å²) in [7, 11) is -3.48. The molecule has 14 aromatic carbocycles. The van der Waals surface area contributed by atoms with Crippen molar-refractivity contribution in [1.29, 1.82) is 0 Å². The van der Waals surface area contributed by atoms with Gasteiger partial charge in [-0.1, -0.05) is 261 Å². The van der Waals surface area contributed by atoms with Crippen molar-refractivity contribution < 1.29 is 15.7 Å². The summed E-state index contributed by atoms with van der Waals surface area (Å²) in [6.07, 6.45) is 0. The number of furan rings is 2. The predicted octanol–water partition coefficient (Wildman–Crippen LogP) is 19.6. The van der Waals surface area contributed by atoms with E-state index in [1.807, 2.05) is 36.4 Å². The van der Waals surface area contributed by atoms with Crippen molar-refractivity contribution in [3.05, 3.63) is 355 Å². The molecule has 0 fully saturated rings. The zero-order valence-corrected chi connectivity index (χ0v) is 49.6. The Hall–Kier alpha value is -11.3. The van der Waals surface area contributed by atoms with Gasteiger partial charge in [-0.15, -0.1) is 0 Å². The van der Waals surface area contributed by atoms with Crippen LogP contribution >= 0.6 is 0 Å². The molecule has 2 bridgehead atoms. The monoisotopic (exact) mass is 1170 g/mol. The largest absolute Gasteiger partial charge is 0.456 e. The van der Waals surface area contributed by atoms with Gasteiger partial charge < -0.3 is 13.4 Å².